The van der Waals surface area contributed by atoms with E-state index in [-0.39, 0.29) is 5.56 Å². The van der Waals surface area contributed by atoms with Crippen LogP contribution in [0.15, 0.2) is 67.0 Å². The van der Waals surface area contributed by atoms with E-state index in [2.05, 4.69) is 10.3 Å². The van der Waals surface area contributed by atoms with Crippen LogP contribution in [0.4, 0.5) is 0 Å². The molecule has 1 heterocycles. The number of ether oxygens (including phenoxy) is 1. The lowest BCUT2D eigenvalue weighted by Gasteiger charge is -2.27. The average molecular weight is 497 g/mol. The summed E-state index contributed by atoms with van der Waals surface area (Å²) in [6, 6.07) is 14.8. The van der Waals surface area contributed by atoms with Gasteiger partial charge in [0, 0.05) is 35.1 Å². The summed E-state index contributed by atoms with van der Waals surface area (Å²) in [5.41, 5.74) is 2.58. The Labute approximate surface area is 209 Å². The fourth-order valence-corrected chi connectivity index (χ4v) is 3.83. The standard InChI is InChI=1S/C27H29ClN2O5/c1-27(2,3)35-26(34)23(24(31)20-5-4-13-29-16-20)30-14-12-17-6-8-18(9-7-17)21-11-10-19(25(32)33)15-22(21)28/h4-11,13,15-16,23-24,30-31H,12,14H2,1-3H3,(H,32,33)/t23?,24-/m1/s1. The Hall–Kier alpha value is -3.26. The van der Waals surface area contributed by atoms with Gasteiger partial charge in [0.05, 0.1) is 5.56 Å². The first-order valence-corrected chi connectivity index (χ1v) is 11.6. The molecule has 7 nitrogen and oxygen atoms in total. The summed E-state index contributed by atoms with van der Waals surface area (Å²) >= 11 is 6.28. The van der Waals surface area contributed by atoms with Gasteiger partial charge in [-0.3, -0.25) is 9.78 Å². The van der Waals surface area contributed by atoms with E-state index in [4.69, 9.17) is 21.4 Å². The summed E-state index contributed by atoms with van der Waals surface area (Å²) in [6.07, 6.45) is 2.61. The SMILES string of the molecule is CC(C)(C)OC(=O)C(NCCc1ccc(-c2ccc(C(=O)O)cc2Cl)cc1)[C@H](O)c1cccnc1. The Bertz CT molecular complexity index is 1160. The van der Waals surface area contributed by atoms with E-state index >= 15 is 0 Å². The highest BCUT2D eigenvalue weighted by Crippen LogP contribution is 2.29. The Morgan fingerprint density at radius 3 is 2.40 bits per heavy atom. The van der Waals surface area contributed by atoms with Crippen molar-refractivity contribution in [2.45, 2.75) is 44.9 Å². The molecule has 0 spiro atoms. The molecule has 0 bridgehead atoms. The topological polar surface area (TPSA) is 109 Å². The van der Waals surface area contributed by atoms with Crippen LogP contribution in [0, 0.1) is 0 Å². The molecule has 0 amide bonds. The third kappa shape index (κ3) is 7.36. The zero-order chi connectivity index (χ0) is 25.6. The molecule has 184 valence electrons. The third-order valence-corrected chi connectivity index (χ3v) is 5.57. The Morgan fingerprint density at radius 1 is 1.11 bits per heavy atom. The van der Waals surface area contributed by atoms with Crippen molar-refractivity contribution in [3.05, 3.63) is 88.7 Å². The Balaban J connectivity index is 1.67. The highest BCUT2D eigenvalue weighted by molar-refractivity contribution is 6.33. The molecular formula is C27H29ClN2O5. The van der Waals surface area contributed by atoms with Crippen molar-refractivity contribution < 1.29 is 24.5 Å². The van der Waals surface area contributed by atoms with Gasteiger partial charge >= 0.3 is 11.9 Å². The lowest BCUT2D eigenvalue weighted by molar-refractivity contribution is -0.160. The third-order valence-electron chi connectivity index (χ3n) is 5.26. The molecule has 2 atom stereocenters. The first-order valence-electron chi connectivity index (χ1n) is 11.2. The molecule has 0 radical (unpaired) electrons. The number of aromatic carboxylic acids is 1. The van der Waals surface area contributed by atoms with Crippen LogP contribution in [0.1, 0.15) is 48.4 Å². The van der Waals surface area contributed by atoms with Crippen LogP contribution in [0.3, 0.4) is 0 Å². The molecule has 1 aromatic heterocycles. The average Bonchev–Trinajstić information content (AvgIpc) is 2.81. The zero-order valence-electron chi connectivity index (χ0n) is 19.9. The predicted octanol–water partition coefficient (Wildman–Crippen LogP) is 4.68. The smallest absolute Gasteiger partial charge is 0.335 e. The van der Waals surface area contributed by atoms with Crippen LogP contribution in [-0.4, -0.2) is 45.3 Å². The number of aromatic nitrogens is 1. The molecule has 2 aromatic carbocycles. The summed E-state index contributed by atoms with van der Waals surface area (Å²) in [4.78, 5) is 27.9. The highest BCUT2D eigenvalue weighted by Gasteiger charge is 2.32. The molecule has 0 aliphatic heterocycles. The van der Waals surface area contributed by atoms with Gasteiger partial charge < -0.3 is 20.3 Å². The number of carboxylic acids is 1. The number of esters is 1. The maximum Gasteiger partial charge on any atom is 0.335 e. The van der Waals surface area contributed by atoms with E-state index in [0.29, 0.717) is 23.6 Å². The molecule has 0 saturated carbocycles. The molecule has 3 rings (SSSR count). The number of benzene rings is 2. The number of carboxylic acid groups (broad SMARTS) is 1. The van der Waals surface area contributed by atoms with E-state index in [1.807, 2.05) is 24.3 Å². The summed E-state index contributed by atoms with van der Waals surface area (Å²) in [6.45, 7) is 5.76. The van der Waals surface area contributed by atoms with Crippen LogP contribution in [0.2, 0.25) is 5.02 Å². The first kappa shape index (κ1) is 26.3. The minimum atomic E-state index is -1.11. The largest absolute Gasteiger partial charge is 0.478 e. The number of aliphatic hydroxyl groups is 1. The normalized spacial score (nSPS) is 13.2. The maximum atomic E-state index is 12.8. The van der Waals surface area contributed by atoms with Gasteiger partial charge in [-0.05, 0) is 56.5 Å². The van der Waals surface area contributed by atoms with Crippen molar-refractivity contribution in [1.82, 2.24) is 10.3 Å². The summed E-state index contributed by atoms with van der Waals surface area (Å²) in [7, 11) is 0. The lowest BCUT2D eigenvalue weighted by Crippen LogP contribution is -2.46. The second-order valence-corrected chi connectivity index (χ2v) is 9.55. The Kier molecular flexibility index (Phi) is 8.62. The minimum absolute atomic E-state index is 0.134. The van der Waals surface area contributed by atoms with Crippen molar-refractivity contribution in [2.24, 2.45) is 0 Å². The van der Waals surface area contributed by atoms with Crippen LogP contribution in [0.25, 0.3) is 11.1 Å². The van der Waals surface area contributed by atoms with Crippen molar-refractivity contribution in [3.8, 4) is 11.1 Å². The zero-order valence-corrected chi connectivity index (χ0v) is 20.6. The van der Waals surface area contributed by atoms with Gasteiger partial charge in [0.15, 0.2) is 0 Å². The number of rotatable bonds is 9. The summed E-state index contributed by atoms with van der Waals surface area (Å²) < 4.78 is 5.51. The van der Waals surface area contributed by atoms with Gasteiger partial charge in [-0.1, -0.05) is 48.0 Å². The summed E-state index contributed by atoms with van der Waals surface area (Å²) in [5.74, 6) is -1.57. The van der Waals surface area contributed by atoms with Gasteiger partial charge in [-0.25, -0.2) is 4.79 Å². The number of aliphatic hydroxyl groups excluding tert-OH is 1. The van der Waals surface area contributed by atoms with E-state index in [1.54, 1.807) is 45.2 Å². The Morgan fingerprint density at radius 2 is 1.83 bits per heavy atom. The van der Waals surface area contributed by atoms with Gasteiger partial charge in [0.2, 0.25) is 0 Å². The number of nitrogens with one attached hydrogen (secondary N) is 1. The molecule has 0 aliphatic carbocycles. The van der Waals surface area contributed by atoms with Crippen LogP contribution in [-0.2, 0) is 16.0 Å². The van der Waals surface area contributed by atoms with Crippen molar-refractivity contribution in [3.63, 3.8) is 0 Å². The minimum Gasteiger partial charge on any atom is -0.478 e. The highest BCUT2D eigenvalue weighted by atomic mass is 35.5. The van der Waals surface area contributed by atoms with Gasteiger partial charge in [-0.2, -0.15) is 0 Å². The van der Waals surface area contributed by atoms with Gasteiger partial charge in [0.25, 0.3) is 0 Å². The second kappa shape index (κ2) is 11.4. The van der Waals surface area contributed by atoms with E-state index < -0.39 is 29.7 Å². The van der Waals surface area contributed by atoms with Crippen molar-refractivity contribution in [2.75, 3.05) is 6.54 Å². The molecule has 0 saturated heterocycles. The number of hydrogen-bond donors (Lipinski definition) is 3. The summed E-state index contributed by atoms with van der Waals surface area (Å²) in [5, 5.41) is 23.4. The number of pyridine rings is 1. The fourth-order valence-electron chi connectivity index (χ4n) is 3.54. The quantitative estimate of drug-likeness (QED) is 0.369. The van der Waals surface area contributed by atoms with Crippen molar-refractivity contribution >= 4 is 23.5 Å². The van der Waals surface area contributed by atoms with Gasteiger partial charge in [0.1, 0.15) is 17.7 Å². The molecule has 3 N–H and O–H groups in total. The van der Waals surface area contributed by atoms with E-state index in [1.165, 1.54) is 18.3 Å². The first-order chi connectivity index (χ1) is 16.5. The van der Waals surface area contributed by atoms with Crippen LogP contribution in [0.5, 0.6) is 0 Å². The molecule has 35 heavy (non-hydrogen) atoms. The predicted molar refractivity (Wildman–Crippen MR) is 134 cm³/mol. The molecule has 8 heteroatoms. The van der Waals surface area contributed by atoms with Crippen molar-refractivity contribution in [1.29, 1.82) is 0 Å². The van der Waals surface area contributed by atoms with Crippen LogP contribution >= 0.6 is 11.6 Å². The number of hydrogen-bond acceptors (Lipinski definition) is 6. The number of nitrogens with zero attached hydrogens (tertiary/aromatic N) is 1. The van der Waals surface area contributed by atoms with E-state index in [9.17, 15) is 14.7 Å². The molecule has 1 unspecified atom stereocenters. The molecule has 0 fully saturated rings. The number of carbonyl (C=O) groups excluding carboxylic acids is 1. The van der Waals surface area contributed by atoms with Crippen LogP contribution < -0.4 is 5.32 Å². The maximum absolute atomic E-state index is 12.8. The molecule has 3 aromatic rings. The van der Waals surface area contributed by atoms with E-state index in [0.717, 1.165) is 16.7 Å². The number of halogens is 1. The second-order valence-electron chi connectivity index (χ2n) is 9.14. The lowest BCUT2D eigenvalue weighted by atomic mass is 10.0. The fraction of sp³-hybridized carbons (Fsp3) is 0.296. The monoisotopic (exact) mass is 496 g/mol. The molecule has 0 aliphatic rings. The number of carbonyl (C=O) groups is 2. The van der Waals surface area contributed by atoms with Gasteiger partial charge in [-0.15, -0.1) is 0 Å². The molecular weight excluding hydrogens is 468 g/mol.